The lowest BCUT2D eigenvalue weighted by Gasteiger charge is -2.05. The van der Waals surface area contributed by atoms with E-state index in [4.69, 9.17) is 0 Å². The van der Waals surface area contributed by atoms with Crippen molar-refractivity contribution in [3.05, 3.63) is 24.4 Å². The lowest BCUT2D eigenvalue weighted by atomic mass is 10.1. The molecule has 10 heavy (non-hydrogen) atoms. The summed E-state index contributed by atoms with van der Waals surface area (Å²) in [4.78, 5) is 10.3. The Morgan fingerprint density at radius 1 is 2.00 bits per heavy atom. The number of carboxylic acids is 1. The first-order valence-corrected chi connectivity index (χ1v) is 3.11. The van der Waals surface area contributed by atoms with Gasteiger partial charge in [-0.2, -0.15) is 0 Å². The van der Waals surface area contributed by atoms with Gasteiger partial charge in [0.1, 0.15) is 6.04 Å². The molecule has 0 amide bonds. The Morgan fingerprint density at radius 2 is 2.70 bits per heavy atom. The van der Waals surface area contributed by atoms with Crippen LogP contribution >= 0.6 is 0 Å². The van der Waals surface area contributed by atoms with Gasteiger partial charge in [0, 0.05) is 12.0 Å². The van der Waals surface area contributed by atoms with E-state index in [9.17, 15) is 9.90 Å². The van der Waals surface area contributed by atoms with E-state index in [0.717, 1.165) is 5.57 Å². The maximum atomic E-state index is 10.3. The zero-order valence-electron chi connectivity index (χ0n) is 5.54. The summed E-state index contributed by atoms with van der Waals surface area (Å²) in [5, 5.41) is 11.9. The average molecular weight is 139 g/mol. The van der Waals surface area contributed by atoms with Gasteiger partial charge in [0.2, 0.25) is 0 Å². The number of hydrogen-bond acceptors (Lipinski definition) is 2. The number of carbonyl (C=O) groups is 1. The Bertz CT molecular complexity index is 196. The first-order chi connectivity index (χ1) is 4.74. The highest BCUT2D eigenvalue weighted by Crippen LogP contribution is 2.05. The molecular weight excluding hydrogens is 130 g/mol. The minimum Gasteiger partial charge on any atom is -0.544 e. The fourth-order valence-corrected chi connectivity index (χ4v) is 0.943. The summed E-state index contributed by atoms with van der Waals surface area (Å²) in [6, 6.07) is -0.437. The Morgan fingerprint density at radius 3 is 3.00 bits per heavy atom. The van der Waals surface area contributed by atoms with Gasteiger partial charge in [-0.1, -0.05) is 12.7 Å². The van der Waals surface area contributed by atoms with E-state index in [0.29, 0.717) is 6.42 Å². The topological polar surface area (TPSA) is 56.7 Å². The van der Waals surface area contributed by atoms with Crippen LogP contribution in [0, 0.1) is 0 Å². The summed E-state index contributed by atoms with van der Waals surface area (Å²) in [5.41, 5.74) is 0.967. The van der Waals surface area contributed by atoms with Crippen LogP contribution in [0.4, 0.5) is 0 Å². The Labute approximate surface area is 59.0 Å². The standard InChI is InChI=1S/C7H9NO2/c1-2-5-3-6(7(9)10)8-4-5/h2,4,6,8H,1,3H2,(H,9,10). The van der Waals surface area contributed by atoms with Crippen LogP contribution in [0.2, 0.25) is 0 Å². The molecule has 1 aliphatic rings. The molecular formula is C7H9NO2. The Hall–Kier alpha value is -1.09. The first-order valence-electron chi connectivity index (χ1n) is 3.11. The van der Waals surface area contributed by atoms with Crippen molar-refractivity contribution in [2.45, 2.75) is 12.5 Å². The van der Waals surface area contributed by atoms with E-state index in [1.165, 1.54) is 0 Å². The number of carbonyl (C=O) groups excluding carboxylic acids is 1. The number of hydrogen-bond donors (Lipinski definition) is 1. The predicted octanol–water partition coefficient (Wildman–Crippen LogP) is -1.86. The molecule has 0 aliphatic carbocycles. The maximum absolute atomic E-state index is 10.3. The van der Waals surface area contributed by atoms with Crippen LogP contribution in [0.3, 0.4) is 0 Å². The molecule has 0 aromatic carbocycles. The molecule has 3 heteroatoms. The van der Waals surface area contributed by atoms with Crippen LogP contribution < -0.4 is 10.4 Å². The van der Waals surface area contributed by atoms with E-state index in [2.05, 4.69) is 6.58 Å². The monoisotopic (exact) mass is 139 g/mol. The molecule has 0 bridgehead atoms. The molecule has 54 valence electrons. The molecule has 1 atom stereocenters. The summed E-state index contributed by atoms with van der Waals surface area (Å²) in [7, 11) is 0. The van der Waals surface area contributed by atoms with Crippen LogP contribution in [0.25, 0.3) is 0 Å². The fourth-order valence-electron chi connectivity index (χ4n) is 0.943. The third-order valence-corrected chi connectivity index (χ3v) is 1.56. The van der Waals surface area contributed by atoms with E-state index in [-0.39, 0.29) is 0 Å². The van der Waals surface area contributed by atoms with Crippen LogP contribution in [-0.4, -0.2) is 12.0 Å². The first kappa shape index (κ1) is 7.02. The average Bonchev–Trinajstić information content (AvgIpc) is 2.34. The predicted molar refractivity (Wildman–Crippen MR) is 33.6 cm³/mol. The number of rotatable bonds is 2. The molecule has 0 saturated heterocycles. The van der Waals surface area contributed by atoms with E-state index in [1.54, 1.807) is 17.6 Å². The summed E-state index contributed by atoms with van der Waals surface area (Å²) in [6.07, 6.45) is 3.97. The van der Waals surface area contributed by atoms with Gasteiger partial charge in [-0.15, -0.1) is 0 Å². The van der Waals surface area contributed by atoms with Crippen molar-refractivity contribution in [1.82, 2.24) is 0 Å². The van der Waals surface area contributed by atoms with Gasteiger partial charge in [0.15, 0.2) is 0 Å². The minimum atomic E-state index is -1.01. The highest BCUT2D eigenvalue weighted by atomic mass is 16.4. The van der Waals surface area contributed by atoms with Crippen LogP contribution in [0.5, 0.6) is 0 Å². The maximum Gasteiger partial charge on any atom is 0.134 e. The fraction of sp³-hybridized carbons (Fsp3) is 0.286. The number of allylic oxidation sites excluding steroid dienone is 1. The molecule has 3 nitrogen and oxygen atoms in total. The second-order valence-electron chi connectivity index (χ2n) is 2.27. The lowest BCUT2D eigenvalue weighted by Crippen LogP contribution is -2.86. The second kappa shape index (κ2) is 2.66. The van der Waals surface area contributed by atoms with Crippen molar-refractivity contribution < 1.29 is 15.2 Å². The molecule has 0 fully saturated rings. The van der Waals surface area contributed by atoms with Gasteiger partial charge in [-0.25, -0.2) is 0 Å². The minimum absolute atomic E-state index is 0.437. The van der Waals surface area contributed by atoms with Gasteiger partial charge in [-0.05, 0) is 0 Å². The van der Waals surface area contributed by atoms with Gasteiger partial charge in [-0.3, -0.25) is 0 Å². The molecule has 0 aromatic rings. The highest BCUT2D eigenvalue weighted by Gasteiger charge is 2.19. The third-order valence-electron chi connectivity index (χ3n) is 1.56. The van der Waals surface area contributed by atoms with Gasteiger partial charge in [0.05, 0.1) is 12.2 Å². The largest absolute Gasteiger partial charge is 0.544 e. The van der Waals surface area contributed by atoms with Crippen LogP contribution in [0.15, 0.2) is 24.4 Å². The van der Waals surface area contributed by atoms with E-state index >= 15 is 0 Å². The normalized spacial score (nSPS) is 24.0. The molecule has 0 radical (unpaired) electrons. The van der Waals surface area contributed by atoms with Crippen molar-refractivity contribution >= 4 is 5.97 Å². The quantitative estimate of drug-likeness (QED) is 0.488. The van der Waals surface area contributed by atoms with Gasteiger partial charge >= 0.3 is 0 Å². The Balaban J connectivity index is 2.51. The number of aliphatic carboxylic acids is 1. The summed E-state index contributed by atoms with van der Waals surface area (Å²) >= 11 is 0. The molecule has 2 N–H and O–H groups in total. The highest BCUT2D eigenvalue weighted by molar-refractivity contribution is 5.70. The molecule has 1 heterocycles. The zero-order chi connectivity index (χ0) is 7.56. The van der Waals surface area contributed by atoms with Crippen LogP contribution in [-0.2, 0) is 4.79 Å². The van der Waals surface area contributed by atoms with Gasteiger partial charge in [0.25, 0.3) is 0 Å². The SMILES string of the molecule is C=CC1=C[NH2+]C(C(=O)[O-])C1. The molecule has 1 rings (SSSR count). The van der Waals surface area contributed by atoms with Crippen molar-refractivity contribution in [2.24, 2.45) is 0 Å². The van der Waals surface area contributed by atoms with Gasteiger partial charge < -0.3 is 15.2 Å². The lowest BCUT2D eigenvalue weighted by molar-refractivity contribution is -0.612. The molecule has 0 aromatic heterocycles. The third kappa shape index (κ3) is 1.25. The molecule has 1 unspecified atom stereocenters. The van der Waals surface area contributed by atoms with Crippen molar-refractivity contribution in [2.75, 3.05) is 0 Å². The van der Waals surface area contributed by atoms with Crippen molar-refractivity contribution in [1.29, 1.82) is 0 Å². The van der Waals surface area contributed by atoms with E-state index in [1.807, 2.05) is 0 Å². The summed E-state index contributed by atoms with van der Waals surface area (Å²) < 4.78 is 0. The molecule has 0 saturated carbocycles. The zero-order valence-corrected chi connectivity index (χ0v) is 5.54. The Kier molecular flexibility index (Phi) is 1.87. The second-order valence-corrected chi connectivity index (χ2v) is 2.27. The summed E-state index contributed by atoms with van der Waals surface area (Å²) in [6.45, 7) is 3.53. The number of nitrogens with two attached hydrogens (primary N) is 1. The molecule has 1 aliphatic heterocycles. The van der Waals surface area contributed by atoms with Crippen molar-refractivity contribution in [3.8, 4) is 0 Å². The number of quaternary nitrogens is 1. The molecule has 0 spiro atoms. The number of carboxylic acid groups (broad SMARTS) is 1. The van der Waals surface area contributed by atoms with E-state index < -0.39 is 12.0 Å². The smallest absolute Gasteiger partial charge is 0.134 e. The summed E-state index contributed by atoms with van der Waals surface area (Å²) in [5.74, 6) is -1.01. The van der Waals surface area contributed by atoms with Crippen LogP contribution in [0.1, 0.15) is 6.42 Å². The van der Waals surface area contributed by atoms with Crippen molar-refractivity contribution in [3.63, 3.8) is 0 Å².